The molecule has 0 unspecified atom stereocenters. The number of amides is 1. The number of nitrogens with zero attached hydrogens (tertiary/aromatic N) is 3. The number of hydrogen-bond acceptors (Lipinski definition) is 3. The summed E-state index contributed by atoms with van der Waals surface area (Å²) in [4.78, 5) is 18.9. The van der Waals surface area contributed by atoms with Crippen molar-refractivity contribution in [1.82, 2.24) is 14.5 Å². The Morgan fingerprint density at radius 2 is 2.05 bits per heavy atom. The third-order valence-electron chi connectivity index (χ3n) is 4.85. The van der Waals surface area contributed by atoms with Crippen LogP contribution in [-0.2, 0) is 11.8 Å². The van der Waals surface area contributed by atoms with Crippen LogP contribution in [-0.4, -0.2) is 39.5 Å². The predicted molar refractivity (Wildman–Crippen MR) is 77.1 cm³/mol. The van der Waals surface area contributed by atoms with E-state index in [0.29, 0.717) is 11.8 Å². The molecule has 1 saturated carbocycles. The summed E-state index contributed by atoms with van der Waals surface area (Å²) in [6, 6.07) is 0.231. The van der Waals surface area contributed by atoms with Crippen LogP contribution in [0.1, 0.15) is 43.8 Å². The lowest BCUT2D eigenvalue weighted by molar-refractivity contribution is -0.136. The summed E-state index contributed by atoms with van der Waals surface area (Å²) >= 11 is 0. The van der Waals surface area contributed by atoms with Gasteiger partial charge in [-0.3, -0.25) is 4.79 Å². The maximum atomic E-state index is 12.5. The quantitative estimate of drug-likeness (QED) is 0.884. The molecule has 0 spiro atoms. The summed E-state index contributed by atoms with van der Waals surface area (Å²) < 4.78 is 2.10. The lowest BCUT2D eigenvalue weighted by Gasteiger charge is -2.33. The smallest absolute Gasteiger partial charge is 0.225 e. The minimum Gasteiger partial charge on any atom is -0.342 e. The zero-order chi connectivity index (χ0) is 14.1. The summed E-state index contributed by atoms with van der Waals surface area (Å²) in [6.07, 6.45) is 8.74. The van der Waals surface area contributed by atoms with Crippen LogP contribution >= 0.6 is 0 Å². The van der Waals surface area contributed by atoms with E-state index in [1.807, 2.05) is 24.3 Å². The summed E-state index contributed by atoms with van der Waals surface area (Å²) in [6.45, 7) is 1.73. The van der Waals surface area contributed by atoms with Crippen molar-refractivity contribution in [3.63, 3.8) is 0 Å². The van der Waals surface area contributed by atoms with Crippen LogP contribution in [0.5, 0.6) is 0 Å². The molecule has 1 aromatic heterocycles. The molecule has 5 nitrogen and oxygen atoms in total. The van der Waals surface area contributed by atoms with E-state index in [4.69, 9.17) is 5.73 Å². The maximum absolute atomic E-state index is 12.5. The molecule has 1 aliphatic carbocycles. The van der Waals surface area contributed by atoms with Gasteiger partial charge in [0, 0.05) is 50.4 Å². The molecule has 0 aromatic carbocycles. The van der Waals surface area contributed by atoms with E-state index in [-0.39, 0.29) is 12.0 Å². The van der Waals surface area contributed by atoms with Crippen molar-refractivity contribution >= 4 is 5.91 Å². The van der Waals surface area contributed by atoms with Crippen LogP contribution in [0, 0.1) is 5.92 Å². The first-order valence-electron chi connectivity index (χ1n) is 7.66. The largest absolute Gasteiger partial charge is 0.342 e. The average Bonchev–Trinajstić information content (AvgIpc) is 3.07. The van der Waals surface area contributed by atoms with Gasteiger partial charge in [0.05, 0.1) is 0 Å². The Labute approximate surface area is 120 Å². The second-order valence-corrected chi connectivity index (χ2v) is 6.27. The number of nitrogens with two attached hydrogens (primary N) is 1. The Morgan fingerprint density at radius 3 is 2.60 bits per heavy atom. The van der Waals surface area contributed by atoms with Gasteiger partial charge in [-0.15, -0.1) is 0 Å². The number of aryl methyl sites for hydroxylation is 1. The molecule has 1 aliphatic heterocycles. The molecule has 2 fully saturated rings. The van der Waals surface area contributed by atoms with Gasteiger partial charge in [-0.2, -0.15) is 0 Å². The lowest BCUT2D eigenvalue weighted by atomic mass is 9.94. The van der Waals surface area contributed by atoms with Gasteiger partial charge in [-0.05, 0) is 32.1 Å². The number of carbonyl (C=O) groups is 1. The van der Waals surface area contributed by atoms with E-state index >= 15 is 0 Å². The average molecular weight is 276 g/mol. The number of piperidine rings is 1. The highest BCUT2D eigenvalue weighted by Crippen LogP contribution is 2.30. The van der Waals surface area contributed by atoms with E-state index in [2.05, 4.69) is 9.55 Å². The topological polar surface area (TPSA) is 64.2 Å². The molecule has 110 valence electrons. The fourth-order valence-corrected chi connectivity index (χ4v) is 3.63. The first kappa shape index (κ1) is 13.6. The molecule has 0 radical (unpaired) electrons. The second-order valence-electron chi connectivity index (χ2n) is 6.27. The molecule has 2 atom stereocenters. The zero-order valence-corrected chi connectivity index (χ0v) is 12.2. The number of carbonyl (C=O) groups excluding carboxylic acids is 1. The minimum atomic E-state index is 0.176. The molecule has 1 saturated heterocycles. The van der Waals surface area contributed by atoms with Crippen LogP contribution < -0.4 is 5.73 Å². The Balaban J connectivity index is 1.56. The summed E-state index contributed by atoms with van der Waals surface area (Å²) in [5.41, 5.74) is 5.91. The summed E-state index contributed by atoms with van der Waals surface area (Å²) in [7, 11) is 2.04. The molecule has 1 amide bonds. The molecule has 0 bridgehead atoms. The van der Waals surface area contributed by atoms with Crippen LogP contribution in [0.4, 0.5) is 0 Å². The van der Waals surface area contributed by atoms with Crippen molar-refractivity contribution in [2.75, 3.05) is 13.1 Å². The van der Waals surface area contributed by atoms with Crippen molar-refractivity contribution in [2.24, 2.45) is 18.7 Å². The van der Waals surface area contributed by atoms with Gasteiger partial charge in [-0.25, -0.2) is 4.98 Å². The number of rotatable bonds is 2. The van der Waals surface area contributed by atoms with Crippen LogP contribution in [0.3, 0.4) is 0 Å². The highest BCUT2D eigenvalue weighted by atomic mass is 16.2. The van der Waals surface area contributed by atoms with Gasteiger partial charge in [-0.1, -0.05) is 0 Å². The van der Waals surface area contributed by atoms with E-state index in [1.54, 1.807) is 0 Å². The number of hydrogen-bond donors (Lipinski definition) is 1. The third kappa shape index (κ3) is 2.59. The Morgan fingerprint density at radius 1 is 1.30 bits per heavy atom. The number of likely N-dealkylation sites (tertiary alicyclic amines) is 1. The van der Waals surface area contributed by atoms with Crippen molar-refractivity contribution in [3.05, 3.63) is 18.2 Å². The first-order valence-corrected chi connectivity index (χ1v) is 7.66. The minimum absolute atomic E-state index is 0.176. The molecule has 3 rings (SSSR count). The standard InChI is InChI=1S/C15H24N4O/c1-18-9-6-17-14(18)11-4-7-19(8-5-11)15(20)12-2-3-13(16)10-12/h6,9,11-13H,2-5,7-8,10,16H2,1H3/t12-,13+/m0/s1. The van der Waals surface area contributed by atoms with E-state index < -0.39 is 0 Å². The fourth-order valence-electron chi connectivity index (χ4n) is 3.63. The van der Waals surface area contributed by atoms with Gasteiger partial charge >= 0.3 is 0 Å². The van der Waals surface area contributed by atoms with Gasteiger partial charge in [0.1, 0.15) is 5.82 Å². The van der Waals surface area contributed by atoms with Crippen LogP contribution in [0.2, 0.25) is 0 Å². The summed E-state index contributed by atoms with van der Waals surface area (Å²) in [5, 5.41) is 0. The molecular formula is C15H24N4O. The second kappa shape index (κ2) is 5.56. The Bertz CT molecular complexity index is 476. The SMILES string of the molecule is Cn1ccnc1C1CCN(C(=O)[C@H]2CC[C@@H](N)C2)CC1. The van der Waals surface area contributed by atoms with Crippen LogP contribution in [0.25, 0.3) is 0 Å². The van der Waals surface area contributed by atoms with Gasteiger partial charge in [0.15, 0.2) is 0 Å². The van der Waals surface area contributed by atoms with E-state index in [1.165, 1.54) is 0 Å². The third-order valence-corrected chi connectivity index (χ3v) is 4.85. The molecule has 20 heavy (non-hydrogen) atoms. The lowest BCUT2D eigenvalue weighted by Crippen LogP contribution is -2.41. The molecule has 2 heterocycles. The number of imidazole rings is 1. The van der Waals surface area contributed by atoms with Crippen molar-refractivity contribution in [1.29, 1.82) is 0 Å². The molecule has 2 N–H and O–H groups in total. The van der Waals surface area contributed by atoms with Gasteiger partial charge in [0.25, 0.3) is 0 Å². The molecule has 1 aromatic rings. The van der Waals surface area contributed by atoms with Gasteiger partial charge < -0.3 is 15.2 Å². The maximum Gasteiger partial charge on any atom is 0.225 e. The van der Waals surface area contributed by atoms with Crippen LogP contribution in [0.15, 0.2) is 12.4 Å². The predicted octanol–water partition coefficient (Wildman–Crippen LogP) is 1.25. The fraction of sp³-hybridized carbons (Fsp3) is 0.733. The molecule has 5 heteroatoms. The first-order chi connectivity index (χ1) is 9.65. The van der Waals surface area contributed by atoms with E-state index in [0.717, 1.165) is 51.0 Å². The normalized spacial score (nSPS) is 28.0. The highest BCUT2D eigenvalue weighted by Gasteiger charge is 2.33. The molecular weight excluding hydrogens is 252 g/mol. The van der Waals surface area contributed by atoms with Crippen molar-refractivity contribution < 1.29 is 4.79 Å². The van der Waals surface area contributed by atoms with E-state index in [9.17, 15) is 4.79 Å². The van der Waals surface area contributed by atoms with Gasteiger partial charge in [0.2, 0.25) is 5.91 Å². The van der Waals surface area contributed by atoms with Crippen molar-refractivity contribution in [3.8, 4) is 0 Å². The Kier molecular flexibility index (Phi) is 3.78. The monoisotopic (exact) mass is 276 g/mol. The number of aromatic nitrogens is 2. The Hall–Kier alpha value is -1.36. The molecule has 2 aliphatic rings. The highest BCUT2D eigenvalue weighted by molar-refractivity contribution is 5.79. The van der Waals surface area contributed by atoms with Crippen molar-refractivity contribution in [2.45, 2.75) is 44.1 Å². The summed E-state index contributed by atoms with van der Waals surface area (Å²) in [5.74, 6) is 2.15. The zero-order valence-electron chi connectivity index (χ0n) is 12.2.